The van der Waals surface area contributed by atoms with E-state index < -0.39 is 5.25 Å². The number of amides is 2. The number of benzene rings is 1. The lowest BCUT2D eigenvalue weighted by molar-refractivity contribution is -0.115. The second-order valence-electron chi connectivity index (χ2n) is 5.84. The maximum absolute atomic E-state index is 12.2. The summed E-state index contributed by atoms with van der Waals surface area (Å²) < 4.78 is 15.4. The van der Waals surface area contributed by atoms with Crippen molar-refractivity contribution in [2.24, 2.45) is 0 Å². The fourth-order valence-electron chi connectivity index (χ4n) is 2.23. The lowest BCUT2D eigenvalue weighted by Crippen LogP contribution is -2.25. The minimum atomic E-state index is -0.431. The Hall–Kier alpha value is -2.68. The maximum Gasteiger partial charge on any atom is 0.238 e. The van der Waals surface area contributed by atoms with Crippen LogP contribution >= 0.6 is 11.8 Å². The van der Waals surface area contributed by atoms with E-state index in [9.17, 15) is 9.59 Å². The fourth-order valence-corrected chi connectivity index (χ4v) is 2.91. The molecule has 8 nitrogen and oxygen atoms in total. The SMILES string of the molecule is COc1cc(C)c(NC(=O)CS[C@@H](C)C(=O)Nc2cc(C)on2)cc1OC. The van der Waals surface area contributed by atoms with Crippen molar-refractivity contribution < 1.29 is 23.6 Å². The van der Waals surface area contributed by atoms with E-state index in [1.54, 1.807) is 39.2 Å². The van der Waals surface area contributed by atoms with Crippen molar-refractivity contribution >= 4 is 35.1 Å². The second-order valence-corrected chi connectivity index (χ2v) is 7.16. The largest absolute Gasteiger partial charge is 0.493 e. The zero-order chi connectivity index (χ0) is 20.0. The summed E-state index contributed by atoms with van der Waals surface area (Å²) in [7, 11) is 3.09. The van der Waals surface area contributed by atoms with Gasteiger partial charge in [0.05, 0.1) is 25.2 Å². The average molecular weight is 393 g/mol. The highest BCUT2D eigenvalue weighted by Gasteiger charge is 2.17. The number of carbonyl (C=O) groups excluding carboxylic acids is 2. The van der Waals surface area contributed by atoms with Gasteiger partial charge in [0.1, 0.15) is 5.76 Å². The van der Waals surface area contributed by atoms with Crippen molar-refractivity contribution in [3.8, 4) is 11.5 Å². The van der Waals surface area contributed by atoms with Crippen LogP contribution in [-0.2, 0) is 9.59 Å². The molecule has 0 saturated heterocycles. The van der Waals surface area contributed by atoms with Crippen LogP contribution in [0.2, 0.25) is 0 Å². The number of aromatic nitrogens is 1. The molecule has 0 saturated carbocycles. The monoisotopic (exact) mass is 393 g/mol. The molecular formula is C18H23N3O5S. The molecule has 2 amide bonds. The number of carbonyl (C=O) groups is 2. The highest BCUT2D eigenvalue weighted by Crippen LogP contribution is 2.33. The van der Waals surface area contributed by atoms with Gasteiger partial charge in [0, 0.05) is 17.8 Å². The van der Waals surface area contributed by atoms with E-state index in [-0.39, 0.29) is 17.6 Å². The van der Waals surface area contributed by atoms with E-state index in [0.717, 1.165) is 5.56 Å². The lowest BCUT2D eigenvalue weighted by Gasteiger charge is -2.14. The molecule has 0 spiro atoms. The molecule has 1 aromatic heterocycles. The molecule has 0 unspecified atom stereocenters. The molecule has 0 aliphatic heterocycles. The van der Waals surface area contributed by atoms with Crippen LogP contribution in [-0.4, -0.2) is 42.2 Å². The van der Waals surface area contributed by atoms with Gasteiger partial charge in [-0.15, -0.1) is 11.8 Å². The van der Waals surface area contributed by atoms with Crippen molar-refractivity contribution in [2.75, 3.05) is 30.6 Å². The number of thioether (sulfide) groups is 1. The summed E-state index contributed by atoms with van der Waals surface area (Å²) >= 11 is 1.22. The molecule has 0 bridgehead atoms. The molecule has 0 radical (unpaired) electrons. The summed E-state index contributed by atoms with van der Waals surface area (Å²) in [5.74, 6) is 1.75. The molecule has 2 N–H and O–H groups in total. The van der Waals surface area contributed by atoms with Crippen LogP contribution in [0.4, 0.5) is 11.5 Å². The zero-order valence-electron chi connectivity index (χ0n) is 15.9. The van der Waals surface area contributed by atoms with Gasteiger partial charge < -0.3 is 24.6 Å². The summed E-state index contributed by atoms with van der Waals surface area (Å²) in [5, 5.41) is 8.76. The van der Waals surface area contributed by atoms with Gasteiger partial charge in [0.2, 0.25) is 11.8 Å². The molecule has 0 aliphatic rings. The molecule has 2 rings (SSSR count). The molecule has 1 heterocycles. The minimum absolute atomic E-state index is 0.125. The van der Waals surface area contributed by atoms with E-state index >= 15 is 0 Å². The number of anilines is 2. The highest BCUT2D eigenvalue weighted by molar-refractivity contribution is 8.01. The Morgan fingerprint density at radius 3 is 2.41 bits per heavy atom. The predicted molar refractivity (Wildman–Crippen MR) is 105 cm³/mol. The summed E-state index contributed by atoms with van der Waals surface area (Å²) in [6.07, 6.45) is 0. The van der Waals surface area contributed by atoms with Gasteiger partial charge in [-0.2, -0.15) is 0 Å². The number of ether oxygens (including phenoxy) is 2. The Bertz CT molecular complexity index is 821. The third-order valence-electron chi connectivity index (χ3n) is 3.72. The summed E-state index contributed by atoms with van der Waals surface area (Å²) in [6, 6.07) is 5.12. The van der Waals surface area contributed by atoms with Crippen LogP contribution in [0.3, 0.4) is 0 Å². The summed E-state index contributed by atoms with van der Waals surface area (Å²) in [6.45, 7) is 5.32. The van der Waals surface area contributed by atoms with Gasteiger partial charge in [0.15, 0.2) is 17.3 Å². The van der Waals surface area contributed by atoms with Gasteiger partial charge in [-0.3, -0.25) is 9.59 Å². The van der Waals surface area contributed by atoms with E-state index in [1.807, 2.05) is 6.92 Å². The Kier molecular flexibility index (Phi) is 7.12. The normalized spacial score (nSPS) is 11.6. The van der Waals surface area contributed by atoms with E-state index in [4.69, 9.17) is 14.0 Å². The van der Waals surface area contributed by atoms with Crippen molar-refractivity contribution in [1.29, 1.82) is 0 Å². The predicted octanol–water partition coefficient (Wildman–Crippen LogP) is 3.01. The number of methoxy groups -OCH3 is 2. The van der Waals surface area contributed by atoms with E-state index in [0.29, 0.717) is 28.8 Å². The minimum Gasteiger partial charge on any atom is -0.493 e. The van der Waals surface area contributed by atoms with E-state index in [2.05, 4.69) is 15.8 Å². The van der Waals surface area contributed by atoms with Crippen molar-refractivity contribution in [3.63, 3.8) is 0 Å². The quantitative estimate of drug-likeness (QED) is 0.711. The van der Waals surface area contributed by atoms with Gasteiger partial charge in [0.25, 0.3) is 0 Å². The number of hydrogen-bond donors (Lipinski definition) is 2. The summed E-state index contributed by atoms with van der Waals surface area (Å²) in [4.78, 5) is 24.4. The molecular weight excluding hydrogens is 370 g/mol. The van der Waals surface area contributed by atoms with Gasteiger partial charge in [-0.25, -0.2) is 0 Å². The highest BCUT2D eigenvalue weighted by atomic mass is 32.2. The number of nitrogens with zero attached hydrogens (tertiary/aromatic N) is 1. The van der Waals surface area contributed by atoms with Crippen molar-refractivity contribution in [1.82, 2.24) is 5.16 Å². The maximum atomic E-state index is 12.2. The Labute approximate surface area is 162 Å². The van der Waals surface area contributed by atoms with Crippen LogP contribution in [0.25, 0.3) is 0 Å². The Balaban J connectivity index is 1.89. The average Bonchev–Trinajstić information content (AvgIpc) is 3.05. The molecule has 0 fully saturated rings. The third-order valence-corrected chi connectivity index (χ3v) is 4.86. The van der Waals surface area contributed by atoms with E-state index in [1.165, 1.54) is 18.9 Å². The first-order valence-electron chi connectivity index (χ1n) is 8.22. The standard InChI is InChI=1S/C18H23N3O5S/c1-10-6-14(24-4)15(25-5)8-13(10)19-17(22)9-27-12(3)18(23)20-16-7-11(2)26-21-16/h6-8,12H,9H2,1-5H3,(H,19,22)(H,20,21,23)/t12-/m0/s1. The van der Waals surface area contributed by atoms with Crippen molar-refractivity contribution in [2.45, 2.75) is 26.0 Å². The molecule has 27 heavy (non-hydrogen) atoms. The fraction of sp³-hybridized carbons (Fsp3) is 0.389. The van der Waals surface area contributed by atoms with Crippen LogP contribution in [0, 0.1) is 13.8 Å². The smallest absolute Gasteiger partial charge is 0.238 e. The number of hydrogen-bond acceptors (Lipinski definition) is 7. The van der Waals surface area contributed by atoms with Crippen LogP contribution in [0.1, 0.15) is 18.2 Å². The third kappa shape index (κ3) is 5.65. The molecule has 1 aromatic carbocycles. The topological polar surface area (TPSA) is 103 Å². The first kappa shape index (κ1) is 20.6. The zero-order valence-corrected chi connectivity index (χ0v) is 16.7. The van der Waals surface area contributed by atoms with Crippen LogP contribution in [0.5, 0.6) is 11.5 Å². The Morgan fingerprint density at radius 2 is 1.81 bits per heavy atom. The van der Waals surface area contributed by atoms with Gasteiger partial charge in [-0.05, 0) is 32.4 Å². The molecule has 9 heteroatoms. The molecule has 1 atom stereocenters. The first-order valence-corrected chi connectivity index (χ1v) is 9.27. The Morgan fingerprint density at radius 1 is 1.15 bits per heavy atom. The van der Waals surface area contributed by atoms with Gasteiger partial charge in [-0.1, -0.05) is 5.16 Å². The molecule has 2 aromatic rings. The first-order chi connectivity index (χ1) is 12.8. The van der Waals surface area contributed by atoms with Crippen molar-refractivity contribution in [3.05, 3.63) is 29.5 Å². The lowest BCUT2D eigenvalue weighted by atomic mass is 10.1. The van der Waals surface area contributed by atoms with Crippen LogP contribution in [0.15, 0.2) is 22.7 Å². The summed E-state index contributed by atoms with van der Waals surface area (Å²) in [5.41, 5.74) is 1.48. The number of nitrogens with one attached hydrogen (secondary N) is 2. The van der Waals surface area contributed by atoms with Crippen LogP contribution < -0.4 is 20.1 Å². The second kappa shape index (κ2) is 9.31. The molecule has 146 valence electrons. The van der Waals surface area contributed by atoms with Gasteiger partial charge >= 0.3 is 0 Å². The number of rotatable bonds is 8. The molecule has 0 aliphatic carbocycles. The number of aryl methyl sites for hydroxylation is 2.